The third-order valence-electron chi connectivity index (χ3n) is 6.07. The summed E-state index contributed by atoms with van der Waals surface area (Å²) in [5.74, 6) is -0.675. The molecule has 8 heteroatoms. The summed E-state index contributed by atoms with van der Waals surface area (Å²) in [7, 11) is 1.32. The van der Waals surface area contributed by atoms with Crippen LogP contribution in [0.1, 0.15) is 21.6 Å². The minimum absolute atomic E-state index is 0.156. The van der Waals surface area contributed by atoms with Gasteiger partial charge in [-0.15, -0.1) is 0 Å². The van der Waals surface area contributed by atoms with Crippen molar-refractivity contribution < 1.29 is 14.3 Å². The number of hydrogen-bond acceptors (Lipinski definition) is 5. The molecule has 0 unspecified atom stereocenters. The van der Waals surface area contributed by atoms with Crippen LogP contribution in [0.2, 0.25) is 0 Å². The first-order valence-electron chi connectivity index (χ1n) is 10.6. The topological polar surface area (TPSA) is 77.7 Å². The van der Waals surface area contributed by atoms with Crippen LogP contribution in [0.4, 0.5) is 11.4 Å². The number of ether oxygens (including phenoxy) is 1. The number of aryl methyl sites for hydroxylation is 1. The number of carbonyl (C=O) groups excluding carboxylic acids is 2. The first kappa shape index (κ1) is 22.4. The molecule has 1 aromatic heterocycles. The SMILES string of the molecule is COC(=O)c1[nH]c2ccc(Br)cc2c1NC(=O)CN1CCN(c2cccc(C)c2C)CC1. The number of aromatic amines is 1. The van der Waals surface area contributed by atoms with Crippen molar-refractivity contribution in [3.63, 3.8) is 0 Å². The molecule has 0 bridgehead atoms. The van der Waals surface area contributed by atoms with Crippen molar-refractivity contribution in [2.24, 2.45) is 0 Å². The van der Waals surface area contributed by atoms with Crippen LogP contribution in [0.15, 0.2) is 40.9 Å². The quantitative estimate of drug-likeness (QED) is 0.518. The number of carbonyl (C=O) groups is 2. The van der Waals surface area contributed by atoms with E-state index in [1.807, 2.05) is 18.2 Å². The van der Waals surface area contributed by atoms with Gasteiger partial charge in [-0.05, 0) is 49.2 Å². The first-order chi connectivity index (χ1) is 15.4. The second-order valence-corrected chi connectivity index (χ2v) is 9.00. The zero-order valence-corrected chi connectivity index (χ0v) is 20.1. The molecule has 4 rings (SSSR count). The van der Waals surface area contributed by atoms with Gasteiger partial charge in [-0.2, -0.15) is 0 Å². The lowest BCUT2D eigenvalue weighted by molar-refractivity contribution is -0.117. The van der Waals surface area contributed by atoms with Gasteiger partial charge in [0.1, 0.15) is 5.69 Å². The number of nitrogens with one attached hydrogen (secondary N) is 2. The number of benzene rings is 2. The van der Waals surface area contributed by atoms with Crippen molar-refractivity contribution >= 4 is 50.1 Å². The Morgan fingerprint density at radius 2 is 1.88 bits per heavy atom. The third-order valence-corrected chi connectivity index (χ3v) is 6.56. The summed E-state index contributed by atoms with van der Waals surface area (Å²) < 4.78 is 5.75. The molecule has 1 amide bonds. The predicted octanol–water partition coefficient (Wildman–Crippen LogP) is 4.09. The number of aromatic nitrogens is 1. The fourth-order valence-electron chi connectivity index (χ4n) is 4.16. The summed E-state index contributed by atoms with van der Waals surface area (Å²) in [5, 5.41) is 3.69. The monoisotopic (exact) mass is 498 g/mol. The van der Waals surface area contributed by atoms with Crippen molar-refractivity contribution in [3.8, 4) is 0 Å². The Bertz CT molecular complexity index is 1170. The van der Waals surface area contributed by atoms with Crippen LogP contribution in [0.25, 0.3) is 10.9 Å². The molecule has 0 atom stereocenters. The molecule has 2 aromatic carbocycles. The Balaban J connectivity index is 1.44. The molecule has 32 heavy (non-hydrogen) atoms. The predicted molar refractivity (Wildman–Crippen MR) is 131 cm³/mol. The fourth-order valence-corrected chi connectivity index (χ4v) is 4.52. The summed E-state index contributed by atoms with van der Waals surface area (Å²) in [6.45, 7) is 7.88. The van der Waals surface area contributed by atoms with E-state index >= 15 is 0 Å². The number of amides is 1. The standard InChI is InChI=1S/C24H27BrN4O3/c1-15-5-4-6-20(16(15)2)29-11-9-28(10-12-29)14-21(30)27-22-18-13-17(25)7-8-19(18)26-23(22)24(31)32-3/h4-8,13,26H,9-12,14H2,1-3H3,(H,27,30). The number of anilines is 2. The Morgan fingerprint density at radius 3 is 2.59 bits per heavy atom. The third kappa shape index (κ3) is 4.52. The molecule has 168 valence electrons. The minimum Gasteiger partial charge on any atom is -0.464 e. The number of esters is 1. The van der Waals surface area contributed by atoms with Gasteiger partial charge in [-0.3, -0.25) is 9.69 Å². The second-order valence-electron chi connectivity index (χ2n) is 8.09. The summed E-state index contributed by atoms with van der Waals surface area (Å²) >= 11 is 3.45. The second kappa shape index (κ2) is 9.34. The maximum atomic E-state index is 12.9. The molecule has 0 saturated carbocycles. The molecule has 2 N–H and O–H groups in total. The number of H-pyrrole nitrogens is 1. The number of piperazine rings is 1. The Kier molecular flexibility index (Phi) is 6.53. The molecule has 0 spiro atoms. The van der Waals surface area contributed by atoms with Crippen LogP contribution < -0.4 is 10.2 Å². The lowest BCUT2D eigenvalue weighted by atomic mass is 10.1. The van der Waals surface area contributed by atoms with Crippen LogP contribution in [-0.4, -0.2) is 61.6 Å². The van der Waals surface area contributed by atoms with Crippen LogP contribution in [0.5, 0.6) is 0 Å². The van der Waals surface area contributed by atoms with E-state index in [0.29, 0.717) is 5.69 Å². The smallest absolute Gasteiger partial charge is 0.356 e. The van der Waals surface area contributed by atoms with Gasteiger partial charge in [-0.25, -0.2) is 4.79 Å². The summed E-state index contributed by atoms with van der Waals surface area (Å²) in [4.78, 5) is 32.7. The molecule has 1 saturated heterocycles. The average Bonchev–Trinajstić information content (AvgIpc) is 3.13. The van der Waals surface area contributed by atoms with Gasteiger partial charge in [0, 0.05) is 47.2 Å². The number of fused-ring (bicyclic) bond motifs is 1. The molecule has 7 nitrogen and oxygen atoms in total. The summed E-state index contributed by atoms with van der Waals surface area (Å²) in [5.41, 5.74) is 5.31. The molecule has 1 fully saturated rings. The normalized spacial score (nSPS) is 14.6. The van der Waals surface area contributed by atoms with E-state index in [0.717, 1.165) is 41.6 Å². The Hall–Kier alpha value is -2.84. The van der Waals surface area contributed by atoms with Gasteiger partial charge >= 0.3 is 5.97 Å². The van der Waals surface area contributed by atoms with E-state index in [4.69, 9.17) is 4.74 Å². The van der Waals surface area contributed by atoms with Crippen molar-refractivity contribution in [3.05, 3.63) is 57.7 Å². The maximum Gasteiger partial charge on any atom is 0.356 e. The van der Waals surface area contributed by atoms with E-state index in [1.165, 1.54) is 23.9 Å². The van der Waals surface area contributed by atoms with Gasteiger partial charge in [0.25, 0.3) is 0 Å². The van der Waals surface area contributed by atoms with E-state index in [-0.39, 0.29) is 18.1 Å². The summed E-state index contributed by atoms with van der Waals surface area (Å²) in [6, 6.07) is 12.0. The van der Waals surface area contributed by atoms with Gasteiger partial charge in [0.05, 0.1) is 19.3 Å². The van der Waals surface area contributed by atoms with E-state index in [2.05, 4.69) is 68.1 Å². The molecule has 3 aromatic rings. The van der Waals surface area contributed by atoms with Crippen LogP contribution in [0, 0.1) is 13.8 Å². The van der Waals surface area contributed by atoms with Crippen molar-refractivity contribution in [1.29, 1.82) is 0 Å². The van der Waals surface area contributed by atoms with Crippen molar-refractivity contribution in [2.75, 3.05) is 50.1 Å². The van der Waals surface area contributed by atoms with Gasteiger partial charge in [0.2, 0.25) is 5.91 Å². The Morgan fingerprint density at radius 1 is 1.12 bits per heavy atom. The lowest BCUT2D eigenvalue weighted by Gasteiger charge is -2.36. The fraction of sp³-hybridized carbons (Fsp3) is 0.333. The number of halogens is 1. The molecule has 2 heterocycles. The van der Waals surface area contributed by atoms with E-state index < -0.39 is 5.97 Å². The molecule has 0 aliphatic carbocycles. The molecule has 1 aliphatic rings. The number of hydrogen-bond donors (Lipinski definition) is 2. The summed E-state index contributed by atoms with van der Waals surface area (Å²) in [6.07, 6.45) is 0. The largest absolute Gasteiger partial charge is 0.464 e. The highest BCUT2D eigenvalue weighted by Crippen LogP contribution is 2.31. The zero-order chi connectivity index (χ0) is 22.8. The van der Waals surface area contributed by atoms with Crippen molar-refractivity contribution in [1.82, 2.24) is 9.88 Å². The van der Waals surface area contributed by atoms with Crippen molar-refractivity contribution in [2.45, 2.75) is 13.8 Å². The molecular weight excluding hydrogens is 472 g/mol. The Labute approximate surface area is 195 Å². The zero-order valence-electron chi connectivity index (χ0n) is 18.5. The van der Waals surface area contributed by atoms with Gasteiger partial charge in [0.15, 0.2) is 0 Å². The number of methoxy groups -OCH3 is 1. The first-order valence-corrected chi connectivity index (χ1v) is 11.4. The van der Waals surface area contributed by atoms with E-state index in [1.54, 1.807) is 0 Å². The van der Waals surface area contributed by atoms with Crippen LogP contribution in [0.3, 0.4) is 0 Å². The number of rotatable bonds is 5. The van der Waals surface area contributed by atoms with E-state index in [9.17, 15) is 9.59 Å². The average molecular weight is 499 g/mol. The maximum absolute atomic E-state index is 12.9. The highest BCUT2D eigenvalue weighted by atomic mass is 79.9. The minimum atomic E-state index is -0.519. The van der Waals surface area contributed by atoms with Gasteiger partial charge < -0.3 is 19.9 Å². The van der Waals surface area contributed by atoms with Crippen LogP contribution in [-0.2, 0) is 9.53 Å². The number of nitrogens with zero attached hydrogens (tertiary/aromatic N) is 2. The van der Waals surface area contributed by atoms with Crippen LogP contribution >= 0.6 is 15.9 Å². The highest BCUT2D eigenvalue weighted by molar-refractivity contribution is 9.10. The molecule has 0 radical (unpaired) electrons. The lowest BCUT2D eigenvalue weighted by Crippen LogP contribution is -2.48. The molecule has 1 aliphatic heterocycles. The van der Waals surface area contributed by atoms with Gasteiger partial charge in [-0.1, -0.05) is 28.1 Å². The molecular formula is C24H27BrN4O3. The highest BCUT2D eigenvalue weighted by Gasteiger charge is 2.23.